The Hall–Kier alpha value is -1.72. The first-order valence-corrected chi connectivity index (χ1v) is 5.91. The predicted octanol–water partition coefficient (Wildman–Crippen LogP) is 2.95. The average Bonchev–Trinajstić information content (AvgIpc) is 2.30. The molecule has 2 atom stereocenters. The van der Waals surface area contributed by atoms with Crippen molar-refractivity contribution in [3.63, 3.8) is 0 Å². The van der Waals surface area contributed by atoms with Crippen LogP contribution in [0, 0.1) is 26.1 Å². The summed E-state index contributed by atoms with van der Waals surface area (Å²) in [6.07, 6.45) is 2.06. The van der Waals surface area contributed by atoms with Gasteiger partial charge in [-0.1, -0.05) is 13.0 Å². The van der Waals surface area contributed by atoms with Gasteiger partial charge in [-0.15, -0.1) is 0 Å². The molecule has 0 saturated carbocycles. The molecule has 100 valence electrons. The molecule has 6 heteroatoms. The Kier molecular flexibility index (Phi) is 3.88. The number of rotatable bonds is 3. The Bertz CT molecular complexity index is 453. The van der Waals surface area contributed by atoms with Gasteiger partial charge in [-0.3, -0.25) is 20.2 Å². The zero-order valence-electron chi connectivity index (χ0n) is 11.1. The number of nitro groups is 2. The van der Waals surface area contributed by atoms with Crippen LogP contribution in [0.15, 0.2) is 22.9 Å². The lowest BCUT2D eigenvalue weighted by Crippen LogP contribution is -2.48. The Morgan fingerprint density at radius 3 is 2.39 bits per heavy atom. The molecule has 0 saturated heterocycles. The lowest BCUT2D eigenvalue weighted by Gasteiger charge is -2.35. The lowest BCUT2D eigenvalue weighted by atomic mass is 9.69. The number of hydrogen-bond acceptors (Lipinski definition) is 4. The zero-order valence-corrected chi connectivity index (χ0v) is 11.1. The van der Waals surface area contributed by atoms with Crippen LogP contribution in [0.25, 0.3) is 0 Å². The van der Waals surface area contributed by atoms with E-state index in [-0.39, 0.29) is 23.5 Å². The second kappa shape index (κ2) is 4.88. The Labute approximate surface area is 106 Å². The maximum Gasteiger partial charge on any atom is 0.249 e. The van der Waals surface area contributed by atoms with E-state index in [0.29, 0.717) is 11.1 Å². The standard InChI is InChI=1S/C12H18N2O4/c1-5-8(2)12(14(17)18)7-6-11(13(15)16)9(3)10(12)4/h5,10H,6-7H2,1-4H3. The van der Waals surface area contributed by atoms with Gasteiger partial charge in [0, 0.05) is 23.3 Å². The highest BCUT2D eigenvalue weighted by Gasteiger charge is 2.54. The zero-order chi connectivity index (χ0) is 14.1. The van der Waals surface area contributed by atoms with Crippen LogP contribution in [-0.4, -0.2) is 15.4 Å². The van der Waals surface area contributed by atoms with Crippen molar-refractivity contribution in [2.24, 2.45) is 5.92 Å². The SMILES string of the molecule is CC=C(C)C1([N+](=O)[O-])CCC([N+](=O)[O-])=C(C)C1C. The van der Waals surface area contributed by atoms with E-state index in [1.54, 1.807) is 33.8 Å². The second-order valence-corrected chi connectivity index (χ2v) is 4.76. The fourth-order valence-electron chi connectivity index (χ4n) is 2.75. The van der Waals surface area contributed by atoms with E-state index < -0.39 is 16.4 Å². The molecule has 0 aromatic heterocycles. The van der Waals surface area contributed by atoms with E-state index in [0.717, 1.165) is 0 Å². The summed E-state index contributed by atoms with van der Waals surface area (Å²) in [7, 11) is 0. The molecule has 0 amide bonds. The van der Waals surface area contributed by atoms with Gasteiger partial charge < -0.3 is 0 Å². The summed E-state index contributed by atoms with van der Waals surface area (Å²) in [5, 5.41) is 22.4. The Morgan fingerprint density at radius 1 is 1.44 bits per heavy atom. The van der Waals surface area contributed by atoms with Gasteiger partial charge in [0.2, 0.25) is 11.2 Å². The van der Waals surface area contributed by atoms with E-state index in [1.807, 2.05) is 0 Å². The third-order valence-corrected chi connectivity index (χ3v) is 4.23. The molecule has 18 heavy (non-hydrogen) atoms. The quantitative estimate of drug-likeness (QED) is 0.440. The van der Waals surface area contributed by atoms with Crippen LogP contribution >= 0.6 is 0 Å². The average molecular weight is 254 g/mol. The van der Waals surface area contributed by atoms with Gasteiger partial charge in [0.15, 0.2) is 0 Å². The first-order valence-electron chi connectivity index (χ1n) is 5.91. The van der Waals surface area contributed by atoms with Gasteiger partial charge in [-0.05, 0) is 26.3 Å². The predicted molar refractivity (Wildman–Crippen MR) is 67.2 cm³/mol. The molecule has 0 N–H and O–H groups in total. The van der Waals surface area contributed by atoms with Crippen LogP contribution in [0.4, 0.5) is 0 Å². The van der Waals surface area contributed by atoms with E-state index in [1.165, 1.54) is 0 Å². The van der Waals surface area contributed by atoms with E-state index in [2.05, 4.69) is 0 Å². The number of hydrogen-bond donors (Lipinski definition) is 0. The summed E-state index contributed by atoms with van der Waals surface area (Å²) >= 11 is 0. The van der Waals surface area contributed by atoms with Crippen molar-refractivity contribution in [1.29, 1.82) is 0 Å². The van der Waals surface area contributed by atoms with Crippen LogP contribution in [0.5, 0.6) is 0 Å². The van der Waals surface area contributed by atoms with Crippen LogP contribution in [0.2, 0.25) is 0 Å². The highest BCUT2D eigenvalue weighted by molar-refractivity contribution is 5.27. The van der Waals surface area contributed by atoms with Crippen molar-refractivity contribution in [1.82, 2.24) is 0 Å². The van der Waals surface area contributed by atoms with Gasteiger partial charge in [-0.25, -0.2) is 0 Å². The van der Waals surface area contributed by atoms with Crippen LogP contribution in [0.3, 0.4) is 0 Å². The number of allylic oxidation sites excluding steroid dienone is 2. The van der Waals surface area contributed by atoms with Crippen LogP contribution in [-0.2, 0) is 0 Å². The fraction of sp³-hybridized carbons (Fsp3) is 0.667. The van der Waals surface area contributed by atoms with Crippen molar-refractivity contribution in [3.8, 4) is 0 Å². The van der Waals surface area contributed by atoms with Gasteiger partial charge in [-0.2, -0.15) is 0 Å². The first kappa shape index (κ1) is 14.3. The van der Waals surface area contributed by atoms with Crippen LogP contribution < -0.4 is 0 Å². The molecule has 2 unspecified atom stereocenters. The maximum atomic E-state index is 11.5. The molecule has 0 aliphatic heterocycles. The van der Waals surface area contributed by atoms with Gasteiger partial charge in [0.05, 0.1) is 10.8 Å². The summed E-state index contributed by atoms with van der Waals surface area (Å²) in [5.41, 5.74) is 0.119. The molecule has 6 nitrogen and oxygen atoms in total. The summed E-state index contributed by atoms with van der Waals surface area (Å²) in [6.45, 7) is 6.82. The van der Waals surface area contributed by atoms with Gasteiger partial charge >= 0.3 is 0 Å². The molecule has 0 radical (unpaired) electrons. The molecule has 1 aliphatic carbocycles. The monoisotopic (exact) mass is 254 g/mol. The minimum Gasteiger partial charge on any atom is -0.264 e. The van der Waals surface area contributed by atoms with E-state index in [9.17, 15) is 20.2 Å². The topological polar surface area (TPSA) is 86.3 Å². The molecule has 0 heterocycles. The Balaban J connectivity index is 3.38. The van der Waals surface area contributed by atoms with Gasteiger partial charge in [0.1, 0.15) is 0 Å². The van der Waals surface area contributed by atoms with Crippen LogP contribution in [0.1, 0.15) is 40.5 Å². The molecule has 0 aromatic rings. The summed E-state index contributed by atoms with van der Waals surface area (Å²) < 4.78 is 0. The number of nitrogens with zero attached hydrogens (tertiary/aromatic N) is 2. The van der Waals surface area contributed by atoms with Gasteiger partial charge in [0.25, 0.3) is 0 Å². The minimum absolute atomic E-state index is 0.129. The second-order valence-electron chi connectivity index (χ2n) is 4.76. The summed E-state index contributed by atoms with van der Waals surface area (Å²) in [5.74, 6) is -0.460. The smallest absolute Gasteiger partial charge is 0.249 e. The molecule has 0 fully saturated rings. The molecule has 1 aliphatic rings. The highest BCUT2D eigenvalue weighted by atomic mass is 16.6. The minimum atomic E-state index is -1.20. The largest absolute Gasteiger partial charge is 0.264 e. The van der Waals surface area contributed by atoms with E-state index >= 15 is 0 Å². The normalized spacial score (nSPS) is 29.3. The third-order valence-electron chi connectivity index (χ3n) is 4.23. The van der Waals surface area contributed by atoms with Crippen molar-refractivity contribution in [2.45, 2.75) is 46.1 Å². The fourth-order valence-corrected chi connectivity index (χ4v) is 2.75. The molecule has 0 aromatic carbocycles. The van der Waals surface area contributed by atoms with Crippen molar-refractivity contribution < 1.29 is 9.85 Å². The molecular weight excluding hydrogens is 236 g/mol. The lowest BCUT2D eigenvalue weighted by molar-refractivity contribution is -0.570. The molecule has 0 spiro atoms. The molecule has 0 bridgehead atoms. The van der Waals surface area contributed by atoms with Crippen molar-refractivity contribution in [2.75, 3.05) is 0 Å². The highest BCUT2D eigenvalue weighted by Crippen LogP contribution is 2.44. The summed E-state index contributed by atoms with van der Waals surface area (Å²) in [6, 6.07) is 0. The molecular formula is C12H18N2O4. The van der Waals surface area contributed by atoms with Crippen molar-refractivity contribution >= 4 is 0 Å². The third kappa shape index (κ3) is 1.91. The van der Waals surface area contributed by atoms with E-state index in [4.69, 9.17) is 0 Å². The maximum absolute atomic E-state index is 11.5. The molecule has 1 rings (SSSR count). The van der Waals surface area contributed by atoms with Crippen molar-refractivity contribution in [3.05, 3.63) is 43.1 Å². The first-order chi connectivity index (χ1) is 8.28. The summed E-state index contributed by atoms with van der Waals surface area (Å²) in [4.78, 5) is 21.7. The Morgan fingerprint density at radius 2 is 2.00 bits per heavy atom.